The number of aromatic nitrogens is 1. The van der Waals surface area contributed by atoms with Crippen molar-refractivity contribution in [2.75, 3.05) is 6.26 Å². The summed E-state index contributed by atoms with van der Waals surface area (Å²) in [6.07, 6.45) is 5.90. The molecule has 0 bridgehead atoms. The molecule has 1 aromatic heterocycles. The van der Waals surface area contributed by atoms with Gasteiger partial charge in [0.05, 0.1) is 10.8 Å². The number of rotatable bonds is 4. The summed E-state index contributed by atoms with van der Waals surface area (Å²) in [6.45, 7) is 0.724. The van der Waals surface area contributed by atoms with Crippen LogP contribution in [0.4, 0.5) is 0 Å². The van der Waals surface area contributed by atoms with E-state index in [4.69, 9.17) is 0 Å². The molecule has 1 aromatic rings. The maximum Gasteiger partial charge on any atom is 0.151 e. The molecule has 1 N–H and O–H groups in total. The van der Waals surface area contributed by atoms with E-state index in [0.717, 1.165) is 30.7 Å². The lowest BCUT2D eigenvalue weighted by Crippen LogP contribution is -2.39. The third kappa shape index (κ3) is 2.81. The van der Waals surface area contributed by atoms with Gasteiger partial charge in [-0.1, -0.05) is 6.42 Å². The Morgan fingerprint density at radius 3 is 3.00 bits per heavy atom. The molecule has 0 aromatic carbocycles. The second kappa shape index (κ2) is 4.81. The summed E-state index contributed by atoms with van der Waals surface area (Å²) in [7, 11) is -2.92. The molecule has 16 heavy (non-hydrogen) atoms. The van der Waals surface area contributed by atoms with E-state index < -0.39 is 9.84 Å². The van der Waals surface area contributed by atoms with Crippen LogP contribution < -0.4 is 5.32 Å². The zero-order chi connectivity index (χ0) is 11.6. The summed E-state index contributed by atoms with van der Waals surface area (Å²) >= 11 is 1.59. The molecular formula is C10H16N2O2S2. The number of hydrogen-bond donors (Lipinski definition) is 1. The van der Waals surface area contributed by atoms with E-state index in [1.165, 1.54) is 6.26 Å². The summed E-state index contributed by atoms with van der Waals surface area (Å²) in [5, 5.41) is 3.12. The molecule has 1 saturated carbocycles. The van der Waals surface area contributed by atoms with E-state index in [1.54, 1.807) is 16.8 Å². The summed E-state index contributed by atoms with van der Waals surface area (Å²) in [6, 6.07) is 0.108. The number of hydrogen-bond acceptors (Lipinski definition) is 5. The SMILES string of the molecule is CS(=O)(=O)C1CCCC1NCc1cncs1. The predicted molar refractivity (Wildman–Crippen MR) is 65.2 cm³/mol. The minimum Gasteiger partial charge on any atom is -0.308 e. The van der Waals surface area contributed by atoms with E-state index in [0.29, 0.717) is 0 Å². The standard InChI is InChI=1S/C10H16N2O2S2/c1-16(13,14)10-4-2-3-9(10)12-6-8-5-11-7-15-8/h5,7,9-10,12H,2-4,6H2,1H3. The largest absolute Gasteiger partial charge is 0.308 e. The van der Waals surface area contributed by atoms with Crippen LogP contribution in [0.5, 0.6) is 0 Å². The molecule has 0 aliphatic heterocycles. The monoisotopic (exact) mass is 260 g/mol. The highest BCUT2D eigenvalue weighted by Crippen LogP contribution is 2.25. The van der Waals surface area contributed by atoms with Crippen molar-refractivity contribution in [2.24, 2.45) is 0 Å². The molecule has 2 unspecified atom stereocenters. The van der Waals surface area contributed by atoms with E-state index in [1.807, 2.05) is 6.20 Å². The van der Waals surface area contributed by atoms with Gasteiger partial charge in [0.2, 0.25) is 0 Å². The van der Waals surface area contributed by atoms with Crippen molar-refractivity contribution < 1.29 is 8.42 Å². The average molecular weight is 260 g/mol. The maximum atomic E-state index is 11.6. The van der Waals surface area contributed by atoms with Gasteiger partial charge >= 0.3 is 0 Å². The Bertz CT molecular complexity index is 428. The van der Waals surface area contributed by atoms with Crippen LogP contribution in [0.2, 0.25) is 0 Å². The number of thiazole rings is 1. The van der Waals surface area contributed by atoms with Gasteiger partial charge in [0.15, 0.2) is 9.84 Å². The second-order valence-corrected chi connectivity index (χ2v) is 7.49. The van der Waals surface area contributed by atoms with E-state index in [9.17, 15) is 8.42 Å². The Balaban J connectivity index is 1.94. The van der Waals surface area contributed by atoms with Crippen molar-refractivity contribution in [3.63, 3.8) is 0 Å². The summed E-state index contributed by atoms with van der Waals surface area (Å²) in [5.41, 5.74) is 1.79. The number of nitrogens with one attached hydrogen (secondary N) is 1. The van der Waals surface area contributed by atoms with Crippen molar-refractivity contribution >= 4 is 21.2 Å². The van der Waals surface area contributed by atoms with Gasteiger partial charge < -0.3 is 5.32 Å². The Hall–Kier alpha value is -0.460. The first-order valence-corrected chi connectivity index (χ1v) is 8.20. The van der Waals surface area contributed by atoms with Crippen molar-refractivity contribution in [2.45, 2.75) is 37.1 Å². The van der Waals surface area contributed by atoms with Gasteiger partial charge in [-0.3, -0.25) is 4.98 Å². The van der Waals surface area contributed by atoms with Crippen LogP contribution in [0.25, 0.3) is 0 Å². The van der Waals surface area contributed by atoms with Gasteiger partial charge in [-0.15, -0.1) is 11.3 Å². The smallest absolute Gasteiger partial charge is 0.151 e. The van der Waals surface area contributed by atoms with Crippen LogP contribution in [-0.4, -0.2) is 30.9 Å². The Labute approximate surface area is 100 Å². The molecule has 2 atom stereocenters. The van der Waals surface area contributed by atoms with Crippen molar-refractivity contribution in [1.29, 1.82) is 0 Å². The molecular weight excluding hydrogens is 244 g/mol. The lowest BCUT2D eigenvalue weighted by Gasteiger charge is -2.18. The van der Waals surface area contributed by atoms with E-state index in [-0.39, 0.29) is 11.3 Å². The molecule has 1 aliphatic rings. The zero-order valence-corrected chi connectivity index (χ0v) is 10.9. The Morgan fingerprint density at radius 1 is 1.56 bits per heavy atom. The fraction of sp³-hybridized carbons (Fsp3) is 0.700. The quantitative estimate of drug-likeness (QED) is 0.883. The van der Waals surface area contributed by atoms with Crippen LogP contribution in [-0.2, 0) is 16.4 Å². The highest BCUT2D eigenvalue weighted by atomic mass is 32.2. The normalized spacial score (nSPS) is 26.1. The molecule has 1 aliphatic carbocycles. The highest BCUT2D eigenvalue weighted by Gasteiger charge is 2.34. The van der Waals surface area contributed by atoms with Crippen LogP contribution >= 0.6 is 11.3 Å². The van der Waals surface area contributed by atoms with Crippen LogP contribution in [0, 0.1) is 0 Å². The molecule has 0 radical (unpaired) electrons. The topological polar surface area (TPSA) is 59.1 Å². The summed E-state index contributed by atoms with van der Waals surface area (Å²) < 4.78 is 23.1. The zero-order valence-electron chi connectivity index (χ0n) is 9.22. The molecule has 0 spiro atoms. The van der Waals surface area contributed by atoms with Gasteiger partial charge in [0.1, 0.15) is 0 Å². The summed E-state index contributed by atoms with van der Waals surface area (Å²) in [4.78, 5) is 5.15. The molecule has 0 amide bonds. The number of nitrogens with zero attached hydrogens (tertiary/aromatic N) is 1. The number of sulfone groups is 1. The summed E-state index contributed by atoms with van der Waals surface area (Å²) in [5.74, 6) is 0. The lowest BCUT2D eigenvalue weighted by atomic mass is 10.2. The van der Waals surface area contributed by atoms with Crippen molar-refractivity contribution in [3.8, 4) is 0 Å². The first kappa shape index (κ1) is 12.0. The van der Waals surface area contributed by atoms with Gasteiger partial charge in [-0.2, -0.15) is 0 Å². The second-order valence-electron chi connectivity index (χ2n) is 4.25. The van der Waals surface area contributed by atoms with Gasteiger partial charge in [-0.05, 0) is 12.8 Å². The Kier molecular flexibility index (Phi) is 3.61. The van der Waals surface area contributed by atoms with E-state index in [2.05, 4.69) is 10.3 Å². The fourth-order valence-electron chi connectivity index (χ4n) is 2.23. The van der Waals surface area contributed by atoms with E-state index >= 15 is 0 Å². The minimum atomic E-state index is -2.92. The minimum absolute atomic E-state index is 0.108. The Morgan fingerprint density at radius 2 is 2.38 bits per heavy atom. The van der Waals surface area contributed by atoms with Crippen LogP contribution in [0.3, 0.4) is 0 Å². The first-order chi connectivity index (χ1) is 7.57. The molecule has 6 heteroatoms. The van der Waals surface area contributed by atoms with Crippen LogP contribution in [0.15, 0.2) is 11.7 Å². The van der Waals surface area contributed by atoms with Crippen LogP contribution in [0.1, 0.15) is 24.1 Å². The van der Waals surface area contributed by atoms with Gasteiger partial charge in [0, 0.05) is 29.9 Å². The molecule has 0 saturated heterocycles. The molecule has 4 nitrogen and oxygen atoms in total. The molecule has 2 rings (SSSR count). The third-order valence-electron chi connectivity index (χ3n) is 3.02. The van der Waals surface area contributed by atoms with Gasteiger partial charge in [-0.25, -0.2) is 8.42 Å². The fourth-order valence-corrected chi connectivity index (χ4v) is 4.20. The molecule has 1 fully saturated rings. The predicted octanol–water partition coefficient (Wildman–Crippen LogP) is 1.20. The molecule has 90 valence electrons. The first-order valence-electron chi connectivity index (χ1n) is 5.37. The molecule has 1 heterocycles. The van der Waals surface area contributed by atoms with Gasteiger partial charge in [0.25, 0.3) is 0 Å². The third-order valence-corrected chi connectivity index (χ3v) is 5.47. The highest BCUT2D eigenvalue weighted by molar-refractivity contribution is 7.91. The van der Waals surface area contributed by atoms with Crippen molar-refractivity contribution in [3.05, 3.63) is 16.6 Å². The lowest BCUT2D eigenvalue weighted by molar-refractivity contribution is 0.509. The maximum absolute atomic E-state index is 11.6. The average Bonchev–Trinajstić information content (AvgIpc) is 2.85. The van der Waals surface area contributed by atoms with Crippen molar-refractivity contribution in [1.82, 2.24) is 10.3 Å².